The van der Waals surface area contributed by atoms with Gasteiger partial charge in [-0.1, -0.05) is 11.8 Å². The molecule has 0 fully saturated rings. The second-order valence-corrected chi connectivity index (χ2v) is 2.20. The molecule has 0 unspecified atom stereocenters. The van der Waals surface area contributed by atoms with Crippen molar-refractivity contribution in [3.8, 4) is 24.7 Å². The molecule has 0 heterocycles. The first-order chi connectivity index (χ1) is 5.81. The van der Waals surface area contributed by atoms with E-state index in [0.717, 1.165) is 0 Å². The summed E-state index contributed by atoms with van der Waals surface area (Å²) < 4.78 is 9.97. The van der Waals surface area contributed by atoms with E-state index in [1.807, 2.05) is 0 Å². The van der Waals surface area contributed by atoms with Gasteiger partial charge in [0.25, 0.3) is 0 Å². The number of nitrogens with two attached hydrogens (primary N) is 1. The van der Waals surface area contributed by atoms with Crippen LogP contribution in [0.4, 0.5) is 0 Å². The van der Waals surface area contributed by atoms with E-state index < -0.39 is 0 Å². The Morgan fingerprint density at radius 1 is 1.08 bits per heavy atom. The molecule has 0 radical (unpaired) electrons. The van der Waals surface area contributed by atoms with E-state index in [4.69, 9.17) is 28.1 Å². The SMILES string of the molecule is C#CCOCC(N)COCC#C. The summed E-state index contributed by atoms with van der Waals surface area (Å²) in [5.41, 5.74) is 5.57. The monoisotopic (exact) mass is 167 g/mol. The first-order valence-corrected chi connectivity index (χ1v) is 3.59. The fourth-order valence-corrected chi connectivity index (χ4v) is 0.587. The Hall–Kier alpha value is -1.00. The van der Waals surface area contributed by atoms with Gasteiger partial charge in [-0.25, -0.2) is 0 Å². The summed E-state index contributed by atoms with van der Waals surface area (Å²) in [6.45, 7) is 1.36. The third kappa shape index (κ3) is 7.11. The van der Waals surface area contributed by atoms with Gasteiger partial charge in [0.2, 0.25) is 0 Å². The Morgan fingerprint density at radius 3 is 1.83 bits per heavy atom. The van der Waals surface area contributed by atoms with Crippen molar-refractivity contribution in [3.63, 3.8) is 0 Å². The zero-order valence-corrected chi connectivity index (χ0v) is 6.95. The van der Waals surface area contributed by atoms with Crippen LogP contribution in [0.5, 0.6) is 0 Å². The van der Waals surface area contributed by atoms with Crippen LogP contribution in [0.1, 0.15) is 0 Å². The minimum atomic E-state index is -0.160. The van der Waals surface area contributed by atoms with Gasteiger partial charge in [-0.05, 0) is 0 Å². The highest BCUT2D eigenvalue weighted by Crippen LogP contribution is 1.83. The van der Waals surface area contributed by atoms with E-state index in [9.17, 15) is 0 Å². The van der Waals surface area contributed by atoms with Crippen molar-refractivity contribution in [1.82, 2.24) is 0 Å². The van der Waals surface area contributed by atoms with Crippen LogP contribution < -0.4 is 5.73 Å². The van der Waals surface area contributed by atoms with Crippen LogP contribution in [-0.4, -0.2) is 32.5 Å². The molecule has 2 N–H and O–H groups in total. The van der Waals surface area contributed by atoms with Gasteiger partial charge in [-0.15, -0.1) is 12.8 Å². The van der Waals surface area contributed by atoms with Crippen molar-refractivity contribution in [1.29, 1.82) is 0 Å². The third-order valence-corrected chi connectivity index (χ3v) is 1.03. The summed E-state index contributed by atoms with van der Waals surface area (Å²) >= 11 is 0. The number of terminal acetylenes is 2. The molecule has 0 saturated carbocycles. The van der Waals surface area contributed by atoms with Crippen LogP contribution in [0.3, 0.4) is 0 Å². The van der Waals surface area contributed by atoms with Crippen molar-refractivity contribution in [2.45, 2.75) is 6.04 Å². The zero-order valence-electron chi connectivity index (χ0n) is 6.95. The Labute approximate surface area is 73.2 Å². The smallest absolute Gasteiger partial charge is 0.107 e. The Balaban J connectivity index is 3.18. The van der Waals surface area contributed by atoms with E-state index in [1.54, 1.807) is 0 Å². The van der Waals surface area contributed by atoms with E-state index in [-0.39, 0.29) is 19.3 Å². The standard InChI is InChI=1S/C9H13NO2/c1-3-5-11-7-9(10)8-12-6-4-2/h1-2,9H,5-8,10H2. The van der Waals surface area contributed by atoms with Crippen LogP contribution in [0.2, 0.25) is 0 Å². The van der Waals surface area contributed by atoms with Gasteiger partial charge in [-0.2, -0.15) is 0 Å². The van der Waals surface area contributed by atoms with Gasteiger partial charge in [0, 0.05) is 0 Å². The molecule has 0 bridgehead atoms. The van der Waals surface area contributed by atoms with Gasteiger partial charge < -0.3 is 15.2 Å². The first kappa shape index (κ1) is 11.0. The van der Waals surface area contributed by atoms with Crippen LogP contribution in [-0.2, 0) is 9.47 Å². The highest BCUT2D eigenvalue weighted by atomic mass is 16.5. The van der Waals surface area contributed by atoms with Gasteiger partial charge in [0.05, 0.1) is 19.3 Å². The van der Waals surface area contributed by atoms with E-state index in [0.29, 0.717) is 13.2 Å². The largest absolute Gasteiger partial charge is 0.367 e. The summed E-state index contributed by atoms with van der Waals surface area (Å²) in [6, 6.07) is -0.160. The number of ether oxygens (including phenoxy) is 2. The quantitative estimate of drug-likeness (QED) is 0.433. The highest BCUT2D eigenvalue weighted by Gasteiger charge is 2.00. The van der Waals surface area contributed by atoms with Gasteiger partial charge in [0.15, 0.2) is 0 Å². The molecule has 0 aromatic heterocycles. The van der Waals surface area contributed by atoms with Crippen molar-refractivity contribution >= 4 is 0 Å². The summed E-state index contributed by atoms with van der Waals surface area (Å²) in [7, 11) is 0. The molecule has 0 spiro atoms. The molecule has 0 atom stereocenters. The normalized spacial score (nSPS) is 9.33. The maximum Gasteiger partial charge on any atom is 0.107 e. The first-order valence-electron chi connectivity index (χ1n) is 3.59. The van der Waals surface area contributed by atoms with Crippen molar-refractivity contribution in [2.75, 3.05) is 26.4 Å². The topological polar surface area (TPSA) is 44.5 Å². The Kier molecular flexibility index (Phi) is 7.42. The average Bonchev–Trinajstić information content (AvgIpc) is 2.06. The summed E-state index contributed by atoms with van der Waals surface area (Å²) in [4.78, 5) is 0. The molecule has 0 amide bonds. The third-order valence-electron chi connectivity index (χ3n) is 1.03. The number of hydrogen-bond donors (Lipinski definition) is 1. The molecule has 0 saturated heterocycles. The maximum absolute atomic E-state index is 5.57. The molecule has 0 aromatic rings. The Morgan fingerprint density at radius 2 is 1.50 bits per heavy atom. The molecule has 0 aromatic carbocycles. The number of rotatable bonds is 6. The predicted molar refractivity (Wildman–Crippen MR) is 47.3 cm³/mol. The van der Waals surface area contributed by atoms with Gasteiger partial charge in [0.1, 0.15) is 13.2 Å². The molecule has 66 valence electrons. The average molecular weight is 167 g/mol. The van der Waals surface area contributed by atoms with E-state index in [1.165, 1.54) is 0 Å². The second-order valence-electron chi connectivity index (χ2n) is 2.20. The molecule has 12 heavy (non-hydrogen) atoms. The lowest BCUT2D eigenvalue weighted by atomic mass is 10.4. The van der Waals surface area contributed by atoms with E-state index in [2.05, 4.69) is 11.8 Å². The lowest BCUT2D eigenvalue weighted by Crippen LogP contribution is -2.31. The zero-order chi connectivity index (χ0) is 9.23. The minimum absolute atomic E-state index is 0.160. The van der Waals surface area contributed by atoms with Gasteiger partial charge >= 0.3 is 0 Å². The van der Waals surface area contributed by atoms with Crippen molar-refractivity contribution in [2.24, 2.45) is 5.73 Å². The summed E-state index contributed by atoms with van der Waals surface area (Å²) in [5, 5.41) is 0. The lowest BCUT2D eigenvalue weighted by Gasteiger charge is -2.09. The molecule has 3 heteroatoms. The molecule has 0 aliphatic carbocycles. The fraction of sp³-hybridized carbons (Fsp3) is 0.556. The molecule has 0 rings (SSSR count). The molecule has 0 aliphatic heterocycles. The molecule has 0 aliphatic rings. The summed E-state index contributed by atoms with van der Waals surface area (Å²) in [6.07, 6.45) is 9.93. The van der Waals surface area contributed by atoms with Crippen molar-refractivity contribution < 1.29 is 9.47 Å². The highest BCUT2D eigenvalue weighted by molar-refractivity contribution is 4.84. The molecular weight excluding hydrogens is 154 g/mol. The van der Waals surface area contributed by atoms with Crippen LogP contribution in [0, 0.1) is 24.7 Å². The van der Waals surface area contributed by atoms with Gasteiger partial charge in [-0.3, -0.25) is 0 Å². The second kappa shape index (κ2) is 8.10. The maximum atomic E-state index is 5.57. The predicted octanol–water partition coefficient (Wildman–Crippen LogP) is -0.387. The van der Waals surface area contributed by atoms with Crippen molar-refractivity contribution in [3.05, 3.63) is 0 Å². The minimum Gasteiger partial charge on any atom is -0.367 e. The fourth-order valence-electron chi connectivity index (χ4n) is 0.587. The Bertz CT molecular complexity index is 158. The van der Waals surface area contributed by atoms with E-state index >= 15 is 0 Å². The number of hydrogen-bond acceptors (Lipinski definition) is 3. The molecular formula is C9H13NO2. The lowest BCUT2D eigenvalue weighted by molar-refractivity contribution is 0.0934. The van der Waals surface area contributed by atoms with Crippen LogP contribution in [0.15, 0.2) is 0 Å². The molecule has 3 nitrogen and oxygen atoms in total. The van der Waals surface area contributed by atoms with Crippen LogP contribution >= 0.6 is 0 Å². The summed E-state index contributed by atoms with van der Waals surface area (Å²) in [5.74, 6) is 4.68. The van der Waals surface area contributed by atoms with Crippen LogP contribution in [0.25, 0.3) is 0 Å².